The number of carbonyl (C=O) groups is 2. The molecule has 8 aromatic rings. The number of ketones is 2. The molecule has 10 rings (SSSR count). The number of phenols is 11. The molecule has 2 heterocycles. The van der Waals surface area contributed by atoms with Crippen molar-refractivity contribution in [3.8, 4) is 69.0 Å². The molecule has 0 aromatic heterocycles. The number of Topliss-reactive ketones (excluding diaryl/α,β-unsaturated/α-hetero) is 1. The zero-order valence-corrected chi connectivity index (χ0v) is 39.5. The van der Waals surface area contributed by atoms with E-state index in [1.54, 1.807) is 54.6 Å². The van der Waals surface area contributed by atoms with Gasteiger partial charge >= 0.3 is 0 Å². The summed E-state index contributed by atoms with van der Waals surface area (Å²) in [6, 6.07) is 37.6. The smallest absolute Gasteiger partial charge is 0.189 e. The van der Waals surface area contributed by atoms with Gasteiger partial charge in [-0.3, -0.25) is 9.59 Å². The first kappa shape index (κ1) is 49.0. The Morgan fingerprint density at radius 2 is 1.00 bits per heavy atom. The fraction of sp³-hybridized carbons (Fsp3) is 0.133. The highest BCUT2D eigenvalue weighted by molar-refractivity contribution is 6.08. The van der Waals surface area contributed by atoms with Gasteiger partial charge in [-0.2, -0.15) is 0 Å². The van der Waals surface area contributed by atoms with E-state index in [1.165, 1.54) is 91.0 Å². The van der Waals surface area contributed by atoms with E-state index in [4.69, 9.17) is 9.47 Å². The normalized spacial score (nSPS) is 19.4. The Hall–Kier alpha value is -9.60. The highest BCUT2D eigenvalue weighted by atomic mass is 16.5. The van der Waals surface area contributed by atoms with E-state index in [-0.39, 0.29) is 74.5 Å². The highest BCUT2D eigenvalue weighted by Crippen LogP contribution is 2.60. The number of aromatic hydroxyl groups is 11. The van der Waals surface area contributed by atoms with Gasteiger partial charge in [0, 0.05) is 64.3 Å². The number of hydrogen-bond donors (Lipinski definition) is 11. The second-order valence-electron chi connectivity index (χ2n) is 18.7. The topological polar surface area (TPSA) is 275 Å². The molecule has 2 aliphatic rings. The first-order valence-electron chi connectivity index (χ1n) is 23.7. The van der Waals surface area contributed by atoms with Gasteiger partial charge in [-0.05, 0) is 120 Å². The van der Waals surface area contributed by atoms with Crippen LogP contribution in [0.1, 0.15) is 95.4 Å². The number of hydrogen-bond acceptors (Lipinski definition) is 15. The molecule has 15 heteroatoms. The van der Waals surface area contributed by atoms with Gasteiger partial charge in [-0.1, -0.05) is 54.6 Å². The maximum absolute atomic E-state index is 15.1. The van der Waals surface area contributed by atoms with Gasteiger partial charge in [0.1, 0.15) is 75.1 Å². The van der Waals surface area contributed by atoms with Gasteiger partial charge in [0.2, 0.25) is 0 Å². The molecule has 0 amide bonds. The summed E-state index contributed by atoms with van der Waals surface area (Å²) in [7, 11) is 0. The van der Waals surface area contributed by atoms with Crippen LogP contribution in [0, 0.1) is 11.8 Å². The van der Waals surface area contributed by atoms with Gasteiger partial charge in [-0.15, -0.1) is 0 Å². The summed E-state index contributed by atoms with van der Waals surface area (Å²) in [6.07, 6.45) is -0.354. The first-order valence-corrected chi connectivity index (χ1v) is 23.7. The van der Waals surface area contributed by atoms with E-state index in [1.807, 2.05) is 0 Å². The average molecular weight is 1010 g/mol. The number of carbonyl (C=O) groups excluding carboxylic acids is 2. The van der Waals surface area contributed by atoms with Gasteiger partial charge in [0.15, 0.2) is 11.6 Å². The van der Waals surface area contributed by atoms with Gasteiger partial charge < -0.3 is 65.6 Å². The van der Waals surface area contributed by atoms with Crippen LogP contribution < -0.4 is 4.74 Å². The molecule has 0 aliphatic carbocycles. The Bertz CT molecular complexity index is 3520. The molecule has 1 fully saturated rings. The van der Waals surface area contributed by atoms with E-state index in [0.717, 1.165) is 24.3 Å². The van der Waals surface area contributed by atoms with Crippen LogP contribution in [0.3, 0.4) is 0 Å². The molecule has 75 heavy (non-hydrogen) atoms. The van der Waals surface area contributed by atoms with Crippen LogP contribution in [-0.4, -0.2) is 67.7 Å². The molecule has 8 aromatic carbocycles. The minimum Gasteiger partial charge on any atom is -0.508 e. The third-order valence-corrected chi connectivity index (χ3v) is 14.0. The van der Waals surface area contributed by atoms with Crippen LogP contribution in [0.25, 0.3) is 6.08 Å². The van der Waals surface area contributed by atoms with E-state index in [0.29, 0.717) is 33.6 Å². The summed E-state index contributed by atoms with van der Waals surface area (Å²) in [6.45, 7) is 0. The molecule has 0 saturated carbocycles. The molecular weight excluding hydrogens is 961 g/mol. The Balaban J connectivity index is 1.16. The maximum atomic E-state index is 15.1. The fourth-order valence-corrected chi connectivity index (χ4v) is 10.5. The average Bonchev–Trinajstić information content (AvgIpc) is 3.95. The molecular formula is C60H48O15. The van der Waals surface area contributed by atoms with Crippen molar-refractivity contribution in [2.75, 3.05) is 0 Å². The molecule has 0 spiro atoms. The Kier molecular flexibility index (Phi) is 12.9. The van der Waals surface area contributed by atoms with Crippen molar-refractivity contribution >= 4 is 17.6 Å². The summed E-state index contributed by atoms with van der Waals surface area (Å²) in [5.41, 5.74) is 2.91. The number of benzene rings is 8. The third-order valence-electron chi connectivity index (χ3n) is 14.0. The molecule has 378 valence electrons. The van der Waals surface area contributed by atoms with E-state index in [9.17, 15) is 61.0 Å². The summed E-state index contributed by atoms with van der Waals surface area (Å²) in [5, 5.41) is 119. The molecule has 0 bridgehead atoms. The standard InChI is InChI=1S/C60H48O15/c61-34-9-1-30(2-10-34)24-46-56(57(73)42-20-17-39(66)27-50(42)70)59(33-7-13-36(63)14-8-33)75-60(46)44-28-43(51(71)29-52(44)72)54(41-19-16-38(65)26-49(41)69)55-45-23-31(3-21-47(67)40-18-15-37(64)25-48(40)68)4-22-53(45)74-58(55)32-5-11-35(62)12-6-32/h1-23,25-29,46,54-56,58-66,68-72H,24H2/t46-,54-,55-,56+,58-,59-,60+/m1/s1. The van der Waals surface area contributed by atoms with Crippen molar-refractivity contribution in [2.45, 2.75) is 36.6 Å². The molecule has 1 saturated heterocycles. The van der Waals surface area contributed by atoms with Crippen molar-refractivity contribution in [2.24, 2.45) is 11.8 Å². The molecule has 0 unspecified atom stereocenters. The van der Waals surface area contributed by atoms with Crippen molar-refractivity contribution in [3.63, 3.8) is 0 Å². The zero-order valence-electron chi connectivity index (χ0n) is 39.5. The van der Waals surface area contributed by atoms with Crippen LogP contribution in [0.15, 0.2) is 164 Å². The monoisotopic (exact) mass is 1010 g/mol. The highest BCUT2D eigenvalue weighted by Gasteiger charge is 2.51. The Morgan fingerprint density at radius 3 is 1.60 bits per heavy atom. The molecule has 0 radical (unpaired) electrons. The molecule has 11 N–H and O–H groups in total. The van der Waals surface area contributed by atoms with Crippen molar-refractivity contribution in [1.82, 2.24) is 0 Å². The van der Waals surface area contributed by atoms with Gasteiger partial charge in [-0.25, -0.2) is 0 Å². The number of phenolic OH excluding ortho intramolecular Hbond substituents is 11. The summed E-state index contributed by atoms with van der Waals surface area (Å²) in [5.74, 6) is -7.88. The first-order chi connectivity index (χ1) is 36.0. The number of ether oxygens (including phenoxy) is 2. The Morgan fingerprint density at radius 1 is 0.467 bits per heavy atom. The van der Waals surface area contributed by atoms with E-state index < -0.39 is 76.5 Å². The number of rotatable bonds is 13. The van der Waals surface area contributed by atoms with Crippen molar-refractivity contribution in [3.05, 3.63) is 219 Å². The number of allylic oxidation sites excluding steroid dienone is 1. The van der Waals surface area contributed by atoms with Crippen LogP contribution in [0.4, 0.5) is 0 Å². The van der Waals surface area contributed by atoms with Crippen molar-refractivity contribution in [1.29, 1.82) is 0 Å². The van der Waals surface area contributed by atoms with E-state index in [2.05, 4.69) is 0 Å². The lowest BCUT2D eigenvalue weighted by atomic mass is 9.72. The minimum atomic E-state index is -1.19. The minimum absolute atomic E-state index is 0.0139. The molecule has 7 atom stereocenters. The summed E-state index contributed by atoms with van der Waals surface area (Å²) in [4.78, 5) is 28.4. The van der Waals surface area contributed by atoms with Crippen LogP contribution in [-0.2, 0) is 11.2 Å². The lowest BCUT2D eigenvalue weighted by molar-refractivity contribution is 0.0254. The quantitative estimate of drug-likeness (QED) is 0.0379. The fourth-order valence-electron chi connectivity index (χ4n) is 10.5. The lowest BCUT2D eigenvalue weighted by Crippen LogP contribution is -2.27. The molecule has 15 nitrogen and oxygen atoms in total. The van der Waals surface area contributed by atoms with Crippen LogP contribution in [0.5, 0.6) is 69.0 Å². The predicted molar refractivity (Wildman–Crippen MR) is 273 cm³/mol. The van der Waals surface area contributed by atoms with Gasteiger partial charge in [0.25, 0.3) is 0 Å². The zero-order chi connectivity index (χ0) is 52.8. The third kappa shape index (κ3) is 9.63. The number of fused-ring (bicyclic) bond motifs is 1. The second kappa shape index (κ2) is 19.8. The largest absolute Gasteiger partial charge is 0.508 e. The van der Waals surface area contributed by atoms with Crippen molar-refractivity contribution < 1.29 is 75.2 Å². The maximum Gasteiger partial charge on any atom is 0.189 e. The van der Waals surface area contributed by atoms with Gasteiger partial charge in [0.05, 0.1) is 29.3 Å². The van der Waals surface area contributed by atoms with Crippen LogP contribution in [0.2, 0.25) is 0 Å². The lowest BCUT2D eigenvalue weighted by Gasteiger charge is -2.31. The second-order valence-corrected chi connectivity index (χ2v) is 18.7. The predicted octanol–water partition coefficient (Wildman–Crippen LogP) is 10.6. The van der Waals surface area contributed by atoms with E-state index >= 15 is 4.79 Å². The Labute approximate surface area is 428 Å². The molecule has 2 aliphatic heterocycles. The summed E-state index contributed by atoms with van der Waals surface area (Å²) < 4.78 is 13.7. The van der Waals surface area contributed by atoms with Crippen LogP contribution >= 0.6 is 0 Å². The SMILES string of the molecule is O=C(C=Cc1ccc2c(c1)[C@H]([C@H](c1ccc(O)cc1O)c1cc([C@@H]3O[C@H](c4ccc(O)cc4)[C@H](C(=O)c4ccc(O)cc4O)[C@H]3Cc3ccc(O)cc3)c(O)cc1O)[C@@H](c1ccc(O)cc1)O2)c1ccc(O)cc1O. The summed E-state index contributed by atoms with van der Waals surface area (Å²) >= 11 is 0.